The van der Waals surface area contributed by atoms with Gasteiger partial charge in [0.05, 0.1) is 6.20 Å². The van der Waals surface area contributed by atoms with Crippen LogP contribution in [0.3, 0.4) is 0 Å². The van der Waals surface area contributed by atoms with Crippen molar-refractivity contribution in [3.8, 4) is 0 Å². The first-order valence-electron chi connectivity index (χ1n) is 9.48. The van der Waals surface area contributed by atoms with Gasteiger partial charge in [0.2, 0.25) is 11.8 Å². The van der Waals surface area contributed by atoms with Gasteiger partial charge in [-0.2, -0.15) is 5.10 Å². The highest BCUT2D eigenvalue weighted by Gasteiger charge is 2.50. The summed E-state index contributed by atoms with van der Waals surface area (Å²) >= 11 is 0. The largest absolute Gasteiger partial charge is 0.350 e. The van der Waals surface area contributed by atoms with Crippen LogP contribution < -0.4 is 10.6 Å². The number of aryl methyl sites for hydroxylation is 1. The normalized spacial score (nSPS) is 30.3. The van der Waals surface area contributed by atoms with E-state index in [1.807, 2.05) is 22.7 Å². The number of piperidine rings is 3. The third-order valence-corrected chi connectivity index (χ3v) is 5.99. The van der Waals surface area contributed by atoms with Crippen LogP contribution >= 0.6 is 12.4 Å². The van der Waals surface area contributed by atoms with Gasteiger partial charge in [-0.15, -0.1) is 12.4 Å². The van der Waals surface area contributed by atoms with Crippen LogP contribution in [-0.4, -0.2) is 51.7 Å². The number of halogens is 1. The first-order chi connectivity index (χ1) is 12.2. The average Bonchev–Trinajstić information content (AvgIpc) is 3.09. The number of amides is 2. The molecule has 7 nitrogen and oxygen atoms in total. The van der Waals surface area contributed by atoms with Crippen molar-refractivity contribution in [2.45, 2.75) is 57.8 Å². The maximum atomic E-state index is 13.0. The molecule has 4 rings (SSSR count). The van der Waals surface area contributed by atoms with Gasteiger partial charge in [0, 0.05) is 49.8 Å². The fourth-order valence-corrected chi connectivity index (χ4v) is 4.82. The zero-order valence-corrected chi connectivity index (χ0v) is 16.0. The van der Waals surface area contributed by atoms with Crippen molar-refractivity contribution in [2.75, 3.05) is 13.1 Å². The van der Waals surface area contributed by atoms with Crippen LogP contribution in [0.1, 0.15) is 38.2 Å². The molecule has 0 aliphatic carbocycles. The van der Waals surface area contributed by atoms with E-state index in [4.69, 9.17) is 0 Å². The summed E-state index contributed by atoms with van der Waals surface area (Å²) in [7, 11) is 0. The summed E-state index contributed by atoms with van der Waals surface area (Å²) in [6.45, 7) is 5.10. The average molecular weight is 382 g/mol. The molecule has 0 aromatic carbocycles. The molecule has 0 unspecified atom stereocenters. The predicted octanol–water partition coefficient (Wildman–Crippen LogP) is 0.930. The third-order valence-electron chi connectivity index (χ3n) is 5.99. The van der Waals surface area contributed by atoms with Gasteiger partial charge in [-0.05, 0) is 38.6 Å². The summed E-state index contributed by atoms with van der Waals surface area (Å²) < 4.78 is 1.85. The lowest BCUT2D eigenvalue weighted by Crippen LogP contribution is -2.67. The minimum Gasteiger partial charge on any atom is -0.350 e. The molecule has 3 aliphatic rings. The molecule has 3 fully saturated rings. The number of fused-ring (bicyclic) bond motifs is 4. The van der Waals surface area contributed by atoms with Crippen LogP contribution in [0.15, 0.2) is 12.4 Å². The smallest absolute Gasteiger partial charge is 0.243 e. The van der Waals surface area contributed by atoms with Crippen LogP contribution in [-0.2, 0) is 22.7 Å². The first-order valence-corrected chi connectivity index (χ1v) is 9.48. The fraction of sp³-hybridized carbons (Fsp3) is 0.722. The number of nitrogens with one attached hydrogen (secondary N) is 2. The monoisotopic (exact) mass is 381 g/mol. The van der Waals surface area contributed by atoms with Gasteiger partial charge >= 0.3 is 0 Å². The van der Waals surface area contributed by atoms with Crippen molar-refractivity contribution in [3.63, 3.8) is 0 Å². The van der Waals surface area contributed by atoms with E-state index in [0.717, 1.165) is 44.5 Å². The van der Waals surface area contributed by atoms with E-state index in [1.165, 1.54) is 0 Å². The van der Waals surface area contributed by atoms with Gasteiger partial charge in [-0.25, -0.2) is 0 Å². The van der Waals surface area contributed by atoms with Crippen LogP contribution in [0, 0.1) is 11.8 Å². The molecule has 26 heavy (non-hydrogen) atoms. The molecule has 2 amide bonds. The molecular weight excluding hydrogens is 354 g/mol. The molecule has 4 atom stereocenters. The molecule has 1 aromatic heterocycles. The molecule has 2 N–H and O–H groups in total. The van der Waals surface area contributed by atoms with Gasteiger partial charge in [0.1, 0.15) is 6.04 Å². The minimum atomic E-state index is -0.330. The number of hydrogen-bond donors (Lipinski definition) is 2. The number of aromatic nitrogens is 2. The van der Waals surface area contributed by atoms with E-state index < -0.39 is 0 Å². The van der Waals surface area contributed by atoms with E-state index in [-0.39, 0.29) is 42.2 Å². The second kappa shape index (κ2) is 7.96. The van der Waals surface area contributed by atoms with E-state index in [2.05, 4.69) is 15.7 Å². The van der Waals surface area contributed by atoms with E-state index in [0.29, 0.717) is 18.9 Å². The number of hydrogen-bond acceptors (Lipinski definition) is 4. The predicted molar refractivity (Wildman–Crippen MR) is 99.7 cm³/mol. The molecule has 4 heterocycles. The molecule has 0 spiro atoms. The van der Waals surface area contributed by atoms with E-state index in [9.17, 15) is 9.59 Å². The van der Waals surface area contributed by atoms with E-state index >= 15 is 0 Å². The molecule has 2 bridgehead atoms. The Bertz CT molecular complexity index is 664. The molecular formula is C18H28ClN5O2. The summed E-state index contributed by atoms with van der Waals surface area (Å²) in [5.74, 6) is 0.855. The summed E-state index contributed by atoms with van der Waals surface area (Å²) in [4.78, 5) is 27.5. The Kier molecular flexibility index (Phi) is 5.87. The van der Waals surface area contributed by atoms with Crippen molar-refractivity contribution < 1.29 is 9.59 Å². The molecule has 8 heteroatoms. The van der Waals surface area contributed by atoms with Crippen LogP contribution in [0.25, 0.3) is 0 Å². The highest BCUT2D eigenvalue weighted by molar-refractivity contribution is 5.89. The highest BCUT2D eigenvalue weighted by Crippen LogP contribution is 2.39. The standard InChI is InChI=1S/C18H27N5O2.ClH/c1-2-22-11-12(8-21-22)7-20-18(25)17-14-6-13(9-19-10-14)15-4-3-5-16(24)23(15)17;/h8,11,13-15,17,19H,2-7,9-10H2,1H3,(H,20,25);1H/t13-,14+,15+,17-;/m1./s1. The van der Waals surface area contributed by atoms with Crippen LogP contribution in [0.4, 0.5) is 0 Å². The van der Waals surface area contributed by atoms with Gasteiger partial charge in [0.15, 0.2) is 0 Å². The van der Waals surface area contributed by atoms with Crippen LogP contribution in [0.2, 0.25) is 0 Å². The number of carbonyl (C=O) groups excluding carboxylic acids is 2. The quantitative estimate of drug-likeness (QED) is 0.813. The SMILES string of the molecule is CCn1cc(CNC(=O)[C@H]2[C@@H]3CNC[C@@H](C3)[C@@H]3CCCC(=O)N32)cn1.Cl. The lowest BCUT2D eigenvalue weighted by molar-refractivity contribution is -0.157. The maximum Gasteiger partial charge on any atom is 0.243 e. The van der Waals surface area contributed by atoms with Gasteiger partial charge in [-0.3, -0.25) is 14.3 Å². The van der Waals surface area contributed by atoms with Crippen molar-refractivity contribution in [2.24, 2.45) is 11.8 Å². The van der Waals surface area contributed by atoms with Crippen molar-refractivity contribution in [1.29, 1.82) is 0 Å². The molecule has 0 saturated carbocycles. The molecule has 3 saturated heterocycles. The summed E-state index contributed by atoms with van der Waals surface area (Å²) in [6.07, 6.45) is 7.35. The fourth-order valence-electron chi connectivity index (χ4n) is 4.82. The zero-order chi connectivity index (χ0) is 17.4. The molecule has 0 radical (unpaired) electrons. The zero-order valence-electron chi connectivity index (χ0n) is 15.2. The van der Waals surface area contributed by atoms with Crippen molar-refractivity contribution in [1.82, 2.24) is 25.3 Å². The van der Waals surface area contributed by atoms with Crippen LogP contribution in [0.5, 0.6) is 0 Å². The summed E-state index contributed by atoms with van der Waals surface area (Å²) in [6, 6.07) is -0.105. The summed E-state index contributed by atoms with van der Waals surface area (Å²) in [5, 5.41) is 10.8. The Hall–Kier alpha value is -1.60. The Labute approximate surface area is 160 Å². The second-order valence-corrected chi connectivity index (χ2v) is 7.54. The minimum absolute atomic E-state index is 0. The lowest BCUT2D eigenvalue weighted by Gasteiger charge is -2.53. The Morgan fingerprint density at radius 1 is 1.38 bits per heavy atom. The van der Waals surface area contributed by atoms with Crippen molar-refractivity contribution >= 4 is 24.2 Å². The third kappa shape index (κ3) is 3.47. The maximum absolute atomic E-state index is 13.0. The molecule has 3 aliphatic heterocycles. The number of nitrogens with zero attached hydrogens (tertiary/aromatic N) is 3. The van der Waals surface area contributed by atoms with Gasteiger partial charge < -0.3 is 15.5 Å². The van der Waals surface area contributed by atoms with Crippen molar-refractivity contribution in [3.05, 3.63) is 18.0 Å². The topological polar surface area (TPSA) is 79.3 Å². The number of rotatable bonds is 4. The second-order valence-electron chi connectivity index (χ2n) is 7.54. The van der Waals surface area contributed by atoms with Gasteiger partial charge in [-0.1, -0.05) is 0 Å². The Morgan fingerprint density at radius 2 is 2.19 bits per heavy atom. The molecule has 1 aromatic rings. The number of carbonyl (C=O) groups is 2. The van der Waals surface area contributed by atoms with E-state index in [1.54, 1.807) is 6.20 Å². The van der Waals surface area contributed by atoms with Gasteiger partial charge in [0.25, 0.3) is 0 Å². The highest BCUT2D eigenvalue weighted by atomic mass is 35.5. The summed E-state index contributed by atoms with van der Waals surface area (Å²) in [5.41, 5.74) is 0.993. The first kappa shape index (κ1) is 19.2. The lowest BCUT2D eigenvalue weighted by atomic mass is 9.72. The Morgan fingerprint density at radius 3 is 2.96 bits per heavy atom. The molecule has 144 valence electrons. The Balaban J connectivity index is 0.00000196.